The lowest BCUT2D eigenvalue weighted by atomic mass is 9.87. The fraction of sp³-hybridized carbons (Fsp3) is 0.435. The number of hydrogen-bond acceptors (Lipinski definition) is 2. The van der Waals surface area contributed by atoms with Crippen molar-refractivity contribution in [1.29, 1.82) is 0 Å². The van der Waals surface area contributed by atoms with E-state index in [-0.39, 0.29) is 5.91 Å². The summed E-state index contributed by atoms with van der Waals surface area (Å²) in [7, 11) is 0. The number of halogens is 3. The fourth-order valence-corrected chi connectivity index (χ4v) is 3.98. The third-order valence-corrected chi connectivity index (χ3v) is 5.69. The predicted octanol–water partition coefficient (Wildman–Crippen LogP) is 5.94. The number of nitrogens with one attached hydrogen (secondary N) is 1. The largest absolute Gasteiger partial charge is 0.416 e. The molecule has 0 bridgehead atoms. The van der Waals surface area contributed by atoms with Crippen LogP contribution in [-0.2, 0) is 6.18 Å². The smallest absolute Gasteiger partial charge is 0.360 e. The highest BCUT2D eigenvalue weighted by atomic mass is 19.4. The second-order valence-corrected chi connectivity index (χ2v) is 7.85. The number of nitrogens with zero attached hydrogens (tertiary/aromatic N) is 1. The van der Waals surface area contributed by atoms with Crippen LogP contribution < -0.4 is 5.32 Å². The van der Waals surface area contributed by atoms with Gasteiger partial charge >= 0.3 is 6.18 Å². The molecule has 1 aliphatic heterocycles. The monoisotopic (exact) mass is 404 g/mol. The van der Waals surface area contributed by atoms with E-state index < -0.39 is 11.7 Å². The Hall–Kier alpha value is -2.50. The Morgan fingerprint density at radius 1 is 1.21 bits per heavy atom. The second kappa shape index (κ2) is 8.89. The highest BCUT2D eigenvalue weighted by Crippen LogP contribution is 2.31. The summed E-state index contributed by atoms with van der Waals surface area (Å²) in [6.45, 7) is 5.91. The quantitative estimate of drug-likeness (QED) is 0.659. The average molecular weight is 404 g/mol. The fourth-order valence-electron chi connectivity index (χ4n) is 3.98. The van der Waals surface area contributed by atoms with E-state index in [1.807, 2.05) is 6.08 Å². The van der Waals surface area contributed by atoms with Crippen LogP contribution in [0.15, 0.2) is 54.5 Å². The third kappa shape index (κ3) is 5.31. The van der Waals surface area contributed by atoms with Gasteiger partial charge in [-0.2, -0.15) is 13.2 Å². The van der Waals surface area contributed by atoms with Gasteiger partial charge in [0, 0.05) is 24.0 Å². The first-order chi connectivity index (χ1) is 13.8. The molecule has 1 heterocycles. The van der Waals surface area contributed by atoms with Gasteiger partial charge in [-0.25, -0.2) is 0 Å². The standard InChI is InChI=1S/C23H27F3N2O/c1-16-14-19(23(24,25)26)9-11-21(16)22(29)28(20-10-8-17(2)27-15-20)13-12-18-6-4-3-5-7-18/h8-11,14-15,18,27H,2-7,12-13H2,1H3. The molecule has 29 heavy (non-hydrogen) atoms. The van der Waals surface area contributed by atoms with Crippen LogP contribution in [0, 0.1) is 12.8 Å². The first kappa shape index (κ1) is 21.2. The number of alkyl halides is 3. The molecule has 3 nitrogen and oxygen atoms in total. The van der Waals surface area contributed by atoms with Crippen LogP contribution in [0.5, 0.6) is 0 Å². The molecule has 1 fully saturated rings. The van der Waals surface area contributed by atoms with E-state index in [1.165, 1.54) is 38.2 Å². The van der Waals surface area contributed by atoms with Crippen molar-refractivity contribution < 1.29 is 18.0 Å². The van der Waals surface area contributed by atoms with Crippen LogP contribution in [-0.4, -0.2) is 17.4 Å². The topological polar surface area (TPSA) is 32.3 Å². The lowest BCUT2D eigenvalue weighted by molar-refractivity contribution is -0.137. The van der Waals surface area contributed by atoms with Gasteiger partial charge in [0.2, 0.25) is 0 Å². The molecule has 0 aromatic heterocycles. The van der Waals surface area contributed by atoms with E-state index in [9.17, 15) is 18.0 Å². The van der Waals surface area contributed by atoms with Crippen molar-refractivity contribution in [1.82, 2.24) is 10.2 Å². The van der Waals surface area contributed by atoms with Gasteiger partial charge in [0.05, 0.1) is 11.3 Å². The summed E-state index contributed by atoms with van der Waals surface area (Å²) in [6, 6.07) is 3.30. The normalized spacial score (nSPS) is 17.7. The molecule has 2 aliphatic rings. The summed E-state index contributed by atoms with van der Waals surface area (Å²) in [5.41, 5.74) is 1.29. The van der Waals surface area contributed by atoms with E-state index in [4.69, 9.17) is 0 Å². The zero-order valence-electron chi connectivity index (χ0n) is 16.7. The van der Waals surface area contributed by atoms with Gasteiger partial charge in [-0.3, -0.25) is 4.79 Å². The lowest BCUT2D eigenvalue weighted by Crippen LogP contribution is -2.34. The molecule has 1 amide bonds. The van der Waals surface area contributed by atoms with Crippen molar-refractivity contribution in [3.63, 3.8) is 0 Å². The van der Waals surface area contributed by atoms with Crippen molar-refractivity contribution in [2.75, 3.05) is 6.54 Å². The number of aryl methyl sites for hydroxylation is 1. The third-order valence-electron chi connectivity index (χ3n) is 5.69. The molecule has 6 heteroatoms. The summed E-state index contributed by atoms with van der Waals surface area (Å²) in [5, 5.41) is 3.01. The van der Waals surface area contributed by atoms with Crippen molar-refractivity contribution >= 4 is 5.91 Å². The van der Waals surface area contributed by atoms with E-state index in [0.717, 1.165) is 24.3 Å². The molecule has 3 rings (SSSR count). The number of amides is 1. The van der Waals surface area contributed by atoms with E-state index in [0.29, 0.717) is 29.3 Å². The summed E-state index contributed by atoms with van der Waals surface area (Å²) in [5.74, 6) is 0.307. The Labute approximate surface area is 170 Å². The number of carbonyl (C=O) groups excluding carboxylic acids is 1. The van der Waals surface area contributed by atoms with E-state index in [2.05, 4.69) is 11.9 Å². The second-order valence-electron chi connectivity index (χ2n) is 7.85. The van der Waals surface area contributed by atoms with Gasteiger partial charge in [-0.1, -0.05) is 38.7 Å². The molecule has 0 radical (unpaired) electrons. The Bertz CT molecular complexity index is 833. The SMILES string of the molecule is C=C1C=CC(N(CCC2CCCCC2)C(=O)c2ccc(C(F)(F)F)cc2C)=CN1. The summed E-state index contributed by atoms with van der Waals surface area (Å²) in [4.78, 5) is 15.0. The maximum atomic E-state index is 13.3. The van der Waals surface area contributed by atoms with Gasteiger partial charge in [0.1, 0.15) is 0 Å². The Kier molecular flexibility index (Phi) is 6.50. The number of dihydropyridines is 1. The Morgan fingerprint density at radius 2 is 1.93 bits per heavy atom. The lowest BCUT2D eigenvalue weighted by Gasteiger charge is -2.29. The molecular weight excluding hydrogens is 377 g/mol. The highest BCUT2D eigenvalue weighted by molar-refractivity contribution is 5.97. The Morgan fingerprint density at radius 3 is 2.52 bits per heavy atom. The van der Waals surface area contributed by atoms with Crippen LogP contribution in [0.2, 0.25) is 0 Å². The molecule has 1 aromatic rings. The van der Waals surface area contributed by atoms with Crippen LogP contribution in [0.1, 0.15) is 60.0 Å². The molecule has 0 atom stereocenters. The number of allylic oxidation sites excluding steroid dienone is 2. The number of carbonyl (C=O) groups is 1. The van der Waals surface area contributed by atoms with Crippen LogP contribution >= 0.6 is 0 Å². The number of rotatable bonds is 5. The minimum absolute atomic E-state index is 0.280. The average Bonchev–Trinajstić information content (AvgIpc) is 2.69. The molecule has 1 aromatic carbocycles. The molecule has 156 valence electrons. The van der Waals surface area contributed by atoms with Gasteiger partial charge < -0.3 is 10.2 Å². The molecule has 0 saturated heterocycles. The zero-order chi connectivity index (χ0) is 21.0. The van der Waals surface area contributed by atoms with Gasteiger partial charge in [0.15, 0.2) is 0 Å². The minimum atomic E-state index is -4.42. The molecule has 1 saturated carbocycles. The van der Waals surface area contributed by atoms with Crippen molar-refractivity contribution in [2.24, 2.45) is 5.92 Å². The molecule has 1 aliphatic carbocycles. The first-order valence-electron chi connectivity index (χ1n) is 10.1. The van der Waals surface area contributed by atoms with Crippen molar-refractivity contribution in [3.05, 3.63) is 71.2 Å². The molecular formula is C23H27F3N2O. The van der Waals surface area contributed by atoms with Gasteiger partial charge in [0.25, 0.3) is 5.91 Å². The minimum Gasteiger partial charge on any atom is -0.360 e. The summed E-state index contributed by atoms with van der Waals surface area (Å²) >= 11 is 0. The molecule has 0 spiro atoms. The van der Waals surface area contributed by atoms with Crippen LogP contribution in [0.4, 0.5) is 13.2 Å². The van der Waals surface area contributed by atoms with Crippen molar-refractivity contribution in [2.45, 2.75) is 51.6 Å². The first-order valence-corrected chi connectivity index (χ1v) is 10.1. The Balaban J connectivity index is 1.83. The van der Waals surface area contributed by atoms with Gasteiger partial charge in [-0.05, 0) is 55.2 Å². The van der Waals surface area contributed by atoms with Gasteiger partial charge in [-0.15, -0.1) is 0 Å². The maximum absolute atomic E-state index is 13.3. The maximum Gasteiger partial charge on any atom is 0.416 e. The van der Waals surface area contributed by atoms with Crippen molar-refractivity contribution in [3.8, 4) is 0 Å². The molecule has 1 N–H and O–H groups in total. The summed E-state index contributed by atoms with van der Waals surface area (Å²) in [6.07, 6.45) is 7.85. The van der Waals surface area contributed by atoms with Crippen LogP contribution in [0.25, 0.3) is 0 Å². The number of hydrogen-bond donors (Lipinski definition) is 1. The zero-order valence-corrected chi connectivity index (χ0v) is 16.7. The van der Waals surface area contributed by atoms with E-state index >= 15 is 0 Å². The van der Waals surface area contributed by atoms with E-state index in [1.54, 1.807) is 24.1 Å². The van der Waals surface area contributed by atoms with Crippen LogP contribution in [0.3, 0.4) is 0 Å². The number of benzene rings is 1. The highest BCUT2D eigenvalue weighted by Gasteiger charge is 2.31. The summed E-state index contributed by atoms with van der Waals surface area (Å²) < 4.78 is 38.9. The predicted molar refractivity (Wildman–Crippen MR) is 108 cm³/mol. The molecule has 0 unspecified atom stereocenters.